The van der Waals surface area contributed by atoms with Crippen molar-refractivity contribution in [1.29, 1.82) is 0 Å². The summed E-state index contributed by atoms with van der Waals surface area (Å²) in [5.74, 6) is -0.205. The van der Waals surface area contributed by atoms with Crippen molar-refractivity contribution in [3.63, 3.8) is 0 Å². The minimum Gasteiger partial charge on any atom is -0.364 e. The fraction of sp³-hybridized carbons (Fsp3) is 0.333. The van der Waals surface area contributed by atoms with E-state index in [-0.39, 0.29) is 23.6 Å². The third kappa shape index (κ3) is 4.29. The summed E-state index contributed by atoms with van der Waals surface area (Å²) in [5.41, 5.74) is 13.1. The molecule has 1 saturated carbocycles. The molecule has 150 valence electrons. The number of primary amides is 1. The molecule has 0 radical (unpaired) electrons. The van der Waals surface area contributed by atoms with E-state index in [2.05, 4.69) is 35.9 Å². The molecule has 1 aromatic carbocycles. The van der Waals surface area contributed by atoms with Gasteiger partial charge in [0.25, 0.3) is 5.91 Å². The van der Waals surface area contributed by atoms with Crippen LogP contribution in [0.25, 0.3) is 5.69 Å². The topological polar surface area (TPSA) is 163 Å². The Bertz CT molecular complexity index is 990. The van der Waals surface area contributed by atoms with Crippen LogP contribution in [0.1, 0.15) is 36.2 Å². The quantitative estimate of drug-likeness (QED) is 0.477. The van der Waals surface area contributed by atoms with Crippen molar-refractivity contribution >= 4 is 23.4 Å². The molecule has 2 aromatic heterocycles. The Balaban J connectivity index is 1.60. The molecular formula is C18H22N10O. The van der Waals surface area contributed by atoms with Gasteiger partial charge in [-0.25, -0.2) is 9.67 Å². The number of hydrogen-bond acceptors (Lipinski definition) is 9. The number of aromatic nitrogens is 6. The molecule has 0 bridgehead atoms. The van der Waals surface area contributed by atoms with Gasteiger partial charge in [0.2, 0.25) is 5.95 Å². The first-order valence-electron chi connectivity index (χ1n) is 9.39. The van der Waals surface area contributed by atoms with E-state index in [0.717, 1.165) is 31.4 Å². The summed E-state index contributed by atoms with van der Waals surface area (Å²) < 4.78 is 1.62. The average Bonchev–Trinajstić information content (AvgIpc) is 3.25. The number of nitrogens with zero attached hydrogens (tertiary/aromatic N) is 6. The van der Waals surface area contributed by atoms with Crippen LogP contribution in [0.2, 0.25) is 0 Å². The molecule has 1 fully saturated rings. The predicted octanol–water partition coefficient (Wildman–Crippen LogP) is 0.977. The Morgan fingerprint density at radius 1 is 1.21 bits per heavy atom. The molecule has 6 N–H and O–H groups in total. The van der Waals surface area contributed by atoms with Crippen molar-refractivity contribution in [1.82, 2.24) is 29.9 Å². The number of hydrogen-bond donors (Lipinski definition) is 4. The van der Waals surface area contributed by atoms with Crippen LogP contribution in [-0.4, -0.2) is 47.9 Å². The van der Waals surface area contributed by atoms with Crippen LogP contribution >= 0.6 is 0 Å². The average molecular weight is 394 g/mol. The SMILES string of the molecule is NC(=O)c1nnc(N[C@@H]2CCCC[C@@H]2N)nc1Nc1cccc(-n2cncn2)c1. The number of carbonyl (C=O) groups excluding carboxylic acids is 1. The fourth-order valence-corrected chi connectivity index (χ4v) is 3.35. The number of benzene rings is 1. The summed E-state index contributed by atoms with van der Waals surface area (Å²) in [7, 11) is 0. The zero-order chi connectivity index (χ0) is 20.2. The third-order valence-electron chi connectivity index (χ3n) is 4.85. The first-order valence-corrected chi connectivity index (χ1v) is 9.39. The molecule has 0 spiro atoms. The maximum atomic E-state index is 11.8. The van der Waals surface area contributed by atoms with Gasteiger partial charge in [0.1, 0.15) is 12.7 Å². The van der Waals surface area contributed by atoms with Gasteiger partial charge in [-0.3, -0.25) is 4.79 Å². The first-order chi connectivity index (χ1) is 14.1. The Morgan fingerprint density at radius 3 is 2.83 bits per heavy atom. The van der Waals surface area contributed by atoms with E-state index in [9.17, 15) is 4.79 Å². The van der Waals surface area contributed by atoms with E-state index < -0.39 is 5.91 Å². The van der Waals surface area contributed by atoms with Crippen molar-refractivity contribution in [2.75, 3.05) is 10.6 Å². The number of rotatable bonds is 6. The predicted molar refractivity (Wildman–Crippen MR) is 107 cm³/mol. The fourth-order valence-electron chi connectivity index (χ4n) is 3.35. The standard InChI is InChI=1S/C18H22N10O/c19-13-6-1-2-7-14(13)24-18-25-17(15(16(20)29)26-27-18)23-11-4-3-5-12(8-11)28-10-21-9-22-28/h3-5,8-10,13-14H,1-2,6-7,19H2,(H2,20,29)(H2,23,24,25,27)/t13-,14+/m0/s1. The maximum Gasteiger partial charge on any atom is 0.273 e. The van der Waals surface area contributed by atoms with Crippen LogP contribution in [0, 0.1) is 0 Å². The van der Waals surface area contributed by atoms with Crippen LogP contribution in [0.5, 0.6) is 0 Å². The van der Waals surface area contributed by atoms with Crippen LogP contribution < -0.4 is 22.1 Å². The molecule has 4 rings (SSSR count). The summed E-state index contributed by atoms with van der Waals surface area (Å²) in [6.07, 6.45) is 7.14. The van der Waals surface area contributed by atoms with Crippen molar-refractivity contribution in [3.8, 4) is 5.69 Å². The molecule has 11 nitrogen and oxygen atoms in total. The van der Waals surface area contributed by atoms with Gasteiger partial charge in [0.15, 0.2) is 11.5 Å². The maximum absolute atomic E-state index is 11.8. The summed E-state index contributed by atoms with van der Waals surface area (Å²) in [6, 6.07) is 7.48. The van der Waals surface area contributed by atoms with Gasteiger partial charge in [-0.15, -0.1) is 10.2 Å². The van der Waals surface area contributed by atoms with Crippen LogP contribution in [0.15, 0.2) is 36.9 Å². The highest BCUT2D eigenvalue weighted by Crippen LogP contribution is 2.23. The Kier molecular flexibility index (Phi) is 5.29. The first kappa shape index (κ1) is 18.7. The third-order valence-corrected chi connectivity index (χ3v) is 4.85. The second-order valence-electron chi connectivity index (χ2n) is 6.91. The number of carbonyl (C=O) groups is 1. The molecule has 11 heteroatoms. The van der Waals surface area contributed by atoms with Gasteiger partial charge in [-0.05, 0) is 31.0 Å². The highest BCUT2D eigenvalue weighted by molar-refractivity contribution is 5.96. The van der Waals surface area contributed by atoms with Gasteiger partial charge >= 0.3 is 0 Å². The van der Waals surface area contributed by atoms with Crippen molar-refractivity contribution in [2.45, 2.75) is 37.8 Å². The largest absolute Gasteiger partial charge is 0.364 e. The smallest absolute Gasteiger partial charge is 0.273 e. The lowest BCUT2D eigenvalue weighted by molar-refractivity contribution is 0.0995. The van der Waals surface area contributed by atoms with Gasteiger partial charge in [-0.2, -0.15) is 10.1 Å². The lowest BCUT2D eigenvalue weighted by atomic mass is 9.91. The summed E-state index contributed by atoms with van der Waals surface area (Å²) in [5, 5.41) is 18.4. The van der Waals surface area contributed by atoms with Gasteiger partial charge in [0, 0.05) is 17.8 Å². The van der Waals surface area contributed by atoms with Crippen LogP contribution in [0.4, 0.5) is 17.5 Å². The zero-order valence-corrected chi connectivity index (χ0v) is 15.7. The normalized spacial score (nSPS) is 18.9. The van der Waals surface area contributed by atoms with E-state index >= 15 is 0 Å². The lowest BCUT2D eigenvalue weighted by Crippen LogP contribution is -2.43. The monoisotopic (exact) mass is 394 g/mol. The number of anilines is 3. The van der Waals surface area contributed by atoms with Gasteiger partial charge < -0.3 is 22.1 Å². The molecule has 0 aliphatic heterocycles. The summed E-state index contributed by atoms with van der Waals surface area (Å²) in [6.45, 7) is 0. The van der Waals surface area contributed by atoms with Crippen LogP contribution in [0.3, 0.4) is 0 Å². The van der Waals surface area contributed by atoms with Crippen LogP contribution in [-0.2, 0) is 0 Å². The Hall–Kier alpha value is -3.60. The molecule has 1 amide bonds. The van der Waals surface area contributed by atoms with Crippen molar-refractivity contribution in [2.24, 2.45) is 11.5 Å². The highest BCUT2D eigenvalue weighted by atomic mass is 16.1. The summed E-state index contributed by atoms with van der Waals surface area (Å²) >= 11 is 0. The van der Waals surface area contributed by atoms with E-state index in [0.29, 0.717) is 11.6 Å². The van der Waals surface area contributed by atoms with Gasteiger partial charge in [-0.1, -0.05) is 18.9 Å². The van der Waals surface area contributed by atoms with Crippen molar-refractivity contribution in [3.05, 3.63) is 42.6 Å². The Morgan fingerprint density at radius 2 is 2.07 bits per heavy atom. The summed E-state index contributed by atoms with van der Waals surface area (Å²) in [4.78, 5) is 20.2. The molecule has 0 saturated heterocycles. The molecule has 2 heterocycles. The van der Waals surface area contributed by atoms with E-state index in [1.165, 1.54) is 6.33 Å². The van der Waals surface area contributed by atoms with Gasteiger partial charge in [0.05, 0.1) is 5.69 Å². The molecule has 3 aromatic rings. The van der Waals surface area contributed by atoms with E-state index in [4.69, 9.17) is 11.5 Å². The second-order valence-corrected chi connectivity index (χ2v) is 6.91. The molecule has 1 aliphatic rings. The minimum absolute atomic E-state index is 0.0268. The minimum atomic E-state index is -0.721. The molecule has 1 aliphatic carbocycles. The van der Waals surface area contributed by atoms with E-state index in [1.54, 1.807) is 11.0 Å². The highest BCUT2D eigenvalue weighted by Gasteiger charge is 2.23. The molecular weight excluding hydrogens is 372 g/mol. The van der Waals surface area contributed by atoms with Crippen molar-refractivity contribution < 1.29 is 4.79 Å². The number of amides is 1. The number of nitrogens with two attached hydrogens (primary N) is 2. The molecule has 29 heavy (non-hydrogen) atoms. The van der Waals surface area contributed by atoms with E-state index in [1.807, 2.05) is 24.3 Å². The molecule has 0 unspecified atom stereocenters. The second kappa shape index (κ2) is 8.19. The Labute approximate surface area is 166 Å². The zero-order valence-electron chi connectivity index (χ0n) is 15.7. The lowest BCUT2D eigenvalue weighted by Gasteiger charge is -2.29. The molecule has 2 atom stereocenters. The number of nitrogens with one attached hydrogen (secondary N) is 2.